The Balaban J connectivity index is 2.11. The third kappa shape index (κ3) is 2.42. The fourth-order valence-electron chi connectivity index (χ4n) is 1.88. The van der Waals surface area contributed by atoms with Crippen LogP contribution < -0.4 is 5.32 Å². The maximum absolute atomic E-state index is 12.7. The van der Waals surface area contributed by atoms with E-state index in [0.717, 1.165) is 6.20 Å². The van der Waals surface area contributed by atoms with Crippen LogP contribution in [0.1, 0.15) is 10.5 Å². The van der Waals surface area contributed by atoms with Gasteiger partial charge >= 0.3 is 0 Å². The van der Waals surface area contributed by atoms with Crippen molar-refractivity contribution in [2.75, 3.05) is 20.1 Å². The van der Waals surface area contributed by atoms with Gasteiger partial charge in [0.05, 0.1) is 18.3 Å². The summed E-state index contributed by atoms with van der Waals surface area (Å²) in [6, 6.07) is 2.26. The highest BCUT2D eigenvalue weighted by Gasteiger charge is 2.31. The highest BCUT2D eigenvalue weighted by atomic mass is 19.1. The van der Waals surface area contributed by atoms with Crippen LogP contribution in [0.3, 0.4) is 0 Å². The highest BCUT2D eigenvalue weighted by Crippen LogP contribution is 2.11. The minimum atomic E-state index is -0.579. The molecule has 1 saturated heterocycles. The number of hydrogen-bond acceptors (Lipinski definition) is 4. The summed E-state index contributed by atoms with van der Waals surface area (Å²) in [4.78, 5) is 17.2. The quantitative estimate of drug-likeness (QED) is 0.738. The zero-order valence-corrected chi connectivity index (χ0v) is 9.43. The zero-order valence-electron chi connectivity index (χ0n) is 9.43. The van der Waals surface area contributed by atoms with Crippen LogP contribution in [0.2, 0.25) is 0 Å². The zero-order chi connectivity index (χ0) is 12.4. The van der Waals surface area contributed by atoms with E-state index in [-0.39, 0.29) is 17.6 Å². The lowest BCUT2D eigenvalue weighted by molar-refractivity contribution is 0.0576. The van der Waals surface area contributed by atoms with Gasteiger partial charge in [-0.2, -0.15) is 0 Å². The van der Waals surface area contributed by atoms with Gasteiger partial charge in [-0.1, -0.05) is 0 Å². The third-order valence-corrected chi connectivity index (χ3v) is 2.92. The summed E-state index contributed by atoms with van der Waals surface area (Å²) in [5, 5.41) is 12.7. The van der Waals surface area contributed by atoms with Crippen molar-refractivity contribution in [3.8, 4) is 0 Å². The number of hydrogen-bond donors (Lipinski definition) is 2. The van der Waals surface area contributed by atoms with Crippen LogP contribution in [-0.4, -0.2) is 53.2 Å². The van der Waals surface area contributed by atoms with Crippen molar-refractivity contribution in [2.24, 2.45) is 0 Å². The third-order valence-electron chi connectivity index (χ3n) is 2.92. The molecule has 17 heavy (non-hydrogen) atoms. The fraction of sp³-hybridized carbons (Fsp3) is 0.455. The molecule has 2 atom stereocenters. The molecular formula is C11H14FN3O2. The van der Waals surface area contributed by atoms with Gasteiger partial charge in [0.2, 0.25) is 0 Å². The maximum atomic E-state index is 12.7. The van der Waals surface area contributed by atoms with Crippen LogP contribution in [0.25, 0.3) is 0 Å². The smallest absolute Gasteiger partial charge is 0.272 e. The van der Waals surface area contributed by atoms with E-state index in [1.54, 1.807) is 7.05 Å². The SMILES string of the molecule is CN(C(=O)c1ccc(F)cn1)[C@@H]1CNC[C@H]1O. The molecule has 1 fully saturated rings. The summed E-state index contributed by atoms with van der Waals surface area (Å²) in [6.45, 7) is 1.02. The number of halogens is 1. The number of carbonyl (C=O) groups excluding carboxylic acids is 1. The Morgan fingerprint density at radius 1 is 1.59 bits per heavy atom. The van der Waals surface area contributed by atoms with Crippen LogP contribution >= 0.6 is 0 Å². The lowest BCUT2D eigenvalue weighted by Crippen LogP contribution is -2.44. The Labute approximate surface area is 98.3 Å². The number of nitrogens with zero attached hydrogens (tertiary/aromatic N) is 2. The Kier molecular flexibility index (Phi) is 3.35. The highest BCUT2D eigenvalue weighted by molar-refractivity contribution is 5.92. The first-order valence-corrected chi connectivity index (χ1v) is 5.37. The molecule has 0 saturated carbocycles. The van der Waals surface area contributed by atoms with Crippen molar-refractivity contribution in [3.05, 3.63) is 29.8 Å². The molecule has 1 aliphatic heterocycles. The largest absolute Gasteiger partial charge is 0.390 e. The summed E-state index contributed by atoms with van der Waals surface area (Å²) in [7, 11) is 1.61. The molecule has 0 bridgehead atoms. The standard InChI is InChI=1S/C11H14FN3O2/c1-15(9-5-13-6-10(9)16)11(17)8-3-2-7(12)4-14-8/h2-4,9-10,13,16H,5-6H2,1H3/t9-,10-/m1/s1. The van der Waals surface area contributed by atoms with Crippen molar-refractivity contribution < 1.29 is 14.3 Å². The predicted octanol–water partition coefficient (Wildman–Crippen LogP) is -0.375. The molecule has 1 aromatic heterocycles. The Hall–Kier alpha value is -1.53. The van der Waals surface area contributed by atoms with E-state index in [1.807, 2.05) is 0 Å². The summed E-state index contributed by atoms with van der Waals surface area (Å²) >= 11 is 0. The second kappa shape index (κ2) is 4.77. The predicted molar refractivity (Wildman–Crippen MR) is 59.0 cm³/mol. The van der Waals surface area contributed by atoms with Crippen molar-refractivity contribution in [2.45, 2.75) is 12.1 Å². The lowest BCUT2D eigenvalue weighted by Gasteiger charge is -2.25. The average molecular weight is 239 g/mol. The monoisotopic (exact) mass is 239 g/mol. The molecule has 1 aliphatic rings. The van der Waals surface area contributed by atoms with E-state index >= 15 is 0 Å². The van der Waals surface area contributed by atoms with Gasteiger partial charge in [0, 0.05) is 20.1 Å². The van der Waals surface area contributed by atoms with Crippen LogP contribution in [0.15, 0.2) is 18.3 Å². The molecule has 2 N–H and O–H groups in total. The van der Waals surface area contributed by atoms with E-state index in [9.17, 15) is 14.3 Å². The molecule has 92 valence electrons. The molecule has 2 heterocycles. The minimum absolute atomic E-state index is 0.174. The number of aliphatic hydroxyl groups excluding tert-OH is 1. The summed E-state index contributed by atoms with van der Waals surface area (Å²) < 4.78 is 12.7. The van der Waals surface area contributed by atoms with Gasteiger partial charge in [0.15, 0.2) is 0 Å². The van der Waals surface area contributed by atoms with E-state index < -0.39 is 11.9 Å². The number of aromatic nitrogens is 1. The molecule has 1 amide bonds. The molecule has 2 rings (SSSR count). The summed E-state index contributed by atoms with van der Waals surface area (Å²) in [5.41, 5.74) is 0.174. The number of pyridine rings is 1. The number of likely N-dealkylation sites (N-methyl/N-ethyl adjacent to an activating group) is 1. The second-order valence-corrected chi connectivity index (χ2v) is 4.07. The van der Waals surface area contributed by atoms with Crippen molar-refractivity contribution in [1.29, 1.82) is 0 Å². The number of carbonyl (C=O) groups is 1. The van der Waals surface area contributed by atoms with Crippen LogP contribution in [0.5, 0.6) is 0 Å². The van der Waals surface area contributed by atoms with Gasteiger partial charge in [0.25, 0.3) is 5.91 Å². The van der Waals surface area contributed by atoms with E-state index in [4.69, 9.17) is 0 Å². The van der Waals surface area contributed by atoms with Crippen LogP contribution in [0, 0.1) is 5.82 Å². The second-order valence-electron chi connectivity index (χ2n) is 4.07. The Morgan fingerprint density at radius 2 is 2.35 bits per heavy atom. The van der Waals surface area contributed by atoms with E-state index in [1.165, 1.54) is 17.0 Å². The van der Waals surface area contributed by atoms with Crippen molar-refractivity contribution in [3.63, 3.8) is 0 Å². The number of nitrogens with one attached hydrogen (secondary N) is 1. The Bertz CT molecular complexity index is 410. The van der Waals surface area contributed by atoms with Gasteiger partial charge in [-0.05, 0) is 12.1 Å². The molecular weight excluding hydrogens is 225 g/mol. The van der Waals surface area contributed by atoms with Gasteiger partial charge < -0.3 is 15.3 Å². The van der Waals surface area contributed by atoms with E-state index in [2.05, 4.69) is 10.3 Å². The number of β-amino-alcohol motifs (C(OH)–C–C–N with tert-alkyl or cyclic N) is 1. The summed E-state index contributed by atoms with van der Waals surface area (Å²) in [5.74, 6) is -0.801. The van der Waals surface area contributed by atoms with Gasteiger partial charge in [-0.3, -0.25) is 4.79 Å². The maximum Gasteiger partial charge on any atom is 0.272 e. The first-order chi connectivity index (χ1) is 8.09. The fourth-order valence-corrected chi connectivity index (χ4v) is 1.88. The summed E-state index contributed by atoms with van der Waals surface area (Å²) in [6.07, 6.45) is 0.425. The van der Waals surface area contributed by atoms with Crippen LogP contribution in [0.4, 0.5) is 4.39 Å². The molecule has 0 aliphatic carbocycles. The lowest BCUT2D eigenvalue weighted by atomic mass is 10.2. The molecule has 5 nitrogen and oxygen atoms in total. The molecule has 1 aromatic rings. The topological polar surface area (TPSA) is 65.5 Å². The normalized spacial score (nSPS) is 23.7. The first kappa shape index (κ1) is 11.9. The van der Waals surface area contributed by atoms with Gasteiger partial charge in [-0.25, -0.2) is 9.37 Å². The molecule has 0 aromatic carbocycles. The van der Waals surface area contributed by atoms with Gasteiger partial charge in [-0.15, -0.1) is 0 Å². The van der Waals surface area contributed by atoms with Crippen molar-refractivity contribution in [1.82, 2.24) is 15.2 Å². The molecule has 6 heteroatoms. The Morgan fingerprint density at radius 3 is 2.88 bits per heavy atom. The molecule has 0 spiro atoms. The minimum Gasteiger partial charge on any atom is -0.390 e. The number of amides is 1. The number of aliphatic hydroxyl groups is 1. The average Bonchev–Trinajstić information content (AvgIpc) is 2.74. The van der Waals surface area contributed by atoms with E-state index in [0.29, 0.717) is 13.1 Å². The number of rotatable bonds is 2. The van der Waals surface area contributed by atoms with Crippen molar-refractivity contribution >= 4 is 5.91 Å². The van der Waals surface area contributed by atoms with Gasteiger partial charge in [0.1, 0.15) is 11.5 Å². The molecule has 0 unspecified atom stereocenters. The molecule has 0 radical (unpaired) electrons. The first-order valence-electron chi connectivity index (χ1n) is 5.37. The van der Waals surface area contributed by atoms with Crippen LogP contribution in [-0.2, 0) is 0 Å².